The molecule has 2 atom stereocenters. The van der Waals surface area contributed by atoms with Gasteiger partial charge in [0.15, 0.2) is 0 Å². The Bertz CT molecular complexity index is 240. The first-order valence-electron chi connectivity index (χ1n) is 3.83. The molecule has 1 aromatic carbocycles. The minimum Gasteiger partial charge on any atom is -0.412 e. The zero-order valence-electron chi connectivity index (χ0n) is 6.63. The molecular weight excluding hydrogens is 174 g/mol. The summed E-state index contributed by atoms with van der Waals surface area (Å²) in [7, 11) is 0. The average molecular weight is 186 g/mol. The van der Waals surface area contributed by atoms with Crippen molar-refractivity contribution in [3.8, 4) is 0 Å². The monoisotopic (exact) mass is 185 g/mol. The summed E-state index contributed by atoms with van der Waals surface area (Å²) in [5, 5.41) is 0. The van der Waals surface area contributed by atoms with Gasteiger partial charge in [-0.25, -0.2) is 4.84 Å². The minimum absolute atomic E-state index is 0. The van der Waals surface area contributed by atoms with Gasteiger partial charge in [-0.05, 0) is 23.8 Å². The molecule has 1 aromatic rings. The van der Waals surface area contributed by atoms with E-state index in [0.717, 1.165) is 0 Å². The van der Waals surface area contributed by atoms with Gasteiger partial charge in [-0.3, -0.25) is 0 Å². The van der Waals surface area contributed by atoms with Crippen LogP contribution in [-0.4, -0.2) is 11.5 Å². The second kappa shape index (κ2) is 3.90. The zero-order valence-corrected chi connectivity index (χ0v) is 7.38. The summed E-state index contributed by atoms with van der Waals surface area (Å²) in [6, 6.07) is 11.0. The molecule has 0 unspecified atom stereocenters. The average Bonchev–Trinajstić information content (AvgIpc) is 2.85. The minimum atomic E-state index is 0. The lowest BCUT2D eigenvalue weighted by Crippen LogP contribution is -2.02. The van der Waals surface area contributed by atoms with Crippen LogP contribution in [0.1, 0.15) is 17.9 Å². The van der Waals surface area contributed by atoms with Crippen LogP contribution in [-0.2, 0) is 0 Å². The number of nitrogens with one attached hydrogen (secondary N) is 1. The topological polar surface area (TPSA) is 43.5 Å². The van der Waals surface area contributed by atoms with Gasteiger partial charge in [0.1, 0.15) is 0 Å². The number of halogens is 1. The summed E-state index contributed by atoms with van der Waals surface area (Å²) in [6.45, 7) is 0. The molecule has 0 spiro atoms. The third-order valence-corrected chi connectivity index (χ3v) is 2.44. The van der Waals surface area contributed by atoms with Crippen molar-refractivity contribution in [2.24, 2.45) is 0 Å². The highest BCUT2D eigenvalue weighted by molar-refractivity contribution is 6.13. The van der Waals surface area contributed by atoms with E-state index in [9.17, 15) is 0 Å². The van der Waals surface area contributed by atoms with E-state index in [4.69, 9.17) is 11.8 Å². The lowest BCUT2D eigenvalue weighted by molar-refractivity contribution is 0.824. The summed E-state index contributed by atoms with van der Waals surface area (Å²) in [5.74, 6) is 0.647. The van der Waals surface area contributed by atoms with Gasteiger partial charge in [-0.1, -0.05) is 30.3 Å². The van der Waals surface area contributed by atoms with Crippen molar-refractivity contribution in [1.29, 1.82) is 0 Å². The molecule has 0 heterocycles. The predicted octanol–water partition coefficient (Wildman–Crippen LogP) is 1.46. The lowest BCUT2D eigenvalue weighted by atomic mass is 10.1. The highest BCUT2D eigenvalue weighted by Crippen LogP contribution is 2.40. The van der Waals surface area contributed by atoms with Crippen LogP contribution >= 0.6 is 11.8 Å². The maximum Gasteiger partial charge on any atom is 0.0296 e. The van der Waals surface area contributed by atoms with Gasteiger partial charge >= 0.3 is 0 Å². The Kier molecular flexibility index (Phi) is 3.09. The Balaban J connectivity index is 0.000000720. The summed E-state index contributed by atoms with van der Waals surface area (Å²) in [4.78, 5) is 2.76. The lowest BCUT2D eigenvalue weighted by Gasteiger charge is -1.96. The van der Waals surface area contributed by atoms with Crippen LogP contribution in [0.2, 0.25) is 0 Å². The van der Waals surface area contributed by atoms with Crippen LogP contribution in [0.3, 0.4) is 0 Å². The van der Waals surface area contributed by atoms with E-state index in [1.807, 2.05) is 6.07 Å². The van der Waals surface area contributed by atoms with Crippen LogP contribution in [0, 0.1) is 0 Å². The molecule has 0 saturated heterocycles. The van der Waals surface area contributed by atoms with Crippen molar-refractivity contribution in [1.82, 2.24) is 4.84 Å². The first kappa shape index (κ1) is 9.52. The maximum atomic E-state index is 5.49. The molecule has 2 rings (SSSR count). The summed E-state index contributed by atoms with van der Waals surface area (Å²) < 4.78 is 0. The standard InChI is InChI=1S/C9H10ClN.H2O/c10-11-9-6-8(9)7-4-2-1-3-5-7;/h1-5,8-9,11H,6H2;1H2/t8-,9+;/m0./s1. The molecule has 1 saturated carbocycles. The third-order valence-electron chi connectivity index (χ3n) is 2.16. The summed E-state index contributed by atoms with van der Waals surface area (Å²) in [6.07, 6.45) is 1.17. The highest BCUT2D eigenvalue weighted by Gasteiger charge is 2.37. The largest absolute Gasteiger partial charge is 0.412 e. The van der Waals surface area contributed by atoms with Crippen molar-refractivity contribution in [3.63, 3.8) is 0 Å². The molecule has 3 heteroatoms. The van der Waals surface area contributed by atoms with E-state index in [0.29, 0.717) is 12.0 Å². The van der Waals surface area contributed by atoms with Gasteiger partial charge in [-0.15, -0.1) is 0 Å². The van der Waals surface area contributed by atoms with Crippen molar-refractivity contribution < 1.29 is 5.48 Å². The fraction of sp³-hybridized carbons (Fsp3) is 0.333. The van der Waals surface area contributed by atoms with Gasteiger partial charge in [0.2, 0.25) is 0 Å². The van der Waals surface area contributed by atoms with Crippen LogP contribution in [0.15, 0.2) is 30.3 Å². The molecule has 0 aromatic heterocycles. The van der Waals surface area contributed by atoms with Crippen molar-refractivity contribution in [3.05, 3.63) is 35.9 Å². The fourth-order valence-corrected chi connectivity index (χ4v) is 1.63. The third kappa shape index (κ3) is 1.78. The van der Waals surface area contributed by atoms with Crippen LogP contribution in [0.5, 0.6) is 0 Å². The van der Waals surface area contributed by atoms with Gasteiger partial charge < -0.3 is 5.48 Å². The zero-order chi connectivity index (χ0) is 7.68. The molecule has 0 radical (unpaired) electrons. The Morgan fingerprint density at radius 3 is 2.42 bits per heavy atom. The fourth-order valence-electron chi connectivity index (χ4n) is 1.38. The first-order valence-corrected chi connectivity index (χ1v) is 4.20. The van der Waals surface area contributed by atoms with E-state index < -0.39 is 0 Å². The first-order chi connectivity index (χ1) is 5.42. The molecule has 0 amide bonds. The van der Waals surface area contributed by atoms with E-state index in [2.05, 4.69) is 29.1 Å². The predicted molar refractivity (Wildman–Crippen MR) is 50.2 cm³/mol. The van der Waals surface area contributed by atoms with Gasteiger partial charge in [0.25, 0.3) is 0 Å². The molecule has 1 aliphatic carbocycles. The summed E-state index contributed by atoms with van der Waals surface area (Å²) >= 11 is 5.49. The van der Waals surface area contributed by atoms with Crippen molar-refractivity contribution in [2.75, 3.05) is 0 Å². The molecule has 12 heavy (non-hydrogen) atoms. The Morgan fingerprint density at radius 1 is 1.25 bits per heavy atom. The molecule has 0 bridgehead atoms. The molecular formula is C9H12ClNO. The molecule has 0 aliphatic heterocycles. The molecule has 3 N–H and O–H groups in total. The Morgan fingerprint density at radius 2 is 1.92 bits per heavy atom. The smallest absolute Gasteiger partial charge is 0.0296 e. The van der Waals surface area contributed by atoms with Gasteiger partial charge in [0, 0.05) is 12.0 Å². The highest BCUT2D eigenvalue weighted by atomic mass is 35.5. The van der Waals surface area contributed by atoms with E-state index in [-0.39, 0.29) is 5.48 Å². The summed E-state index contributed by atoms with van der Waals surface area (Å²) in [5.41, 5.74) is 1.39. The Hall–Kier alpha value is -0.570. The molecule has 66 valence electrons. The number of hydrogen-bond acceptors (Lipinski definition) is 1. The van der Waals surface area contributed by atoms with Gasteiger partial charge in [0.05, 0.1) is 0 Å². The second-order valence-corrected chi connectivity index (χ2v) is 3.19. The molecule has 2 nitrogen and oxygen atoms in total. The normalized spacial score (nSPS) is 26.1. The number of hydrogen-bond donors (Lipinski definition) is 1. The van der Waals surface area contributed by atoms with Crippen LogP contribution in [0.4, 0.5) is 0 Å². The van der Waals surface area contributed by atoms with Crippen LogP contribution < -0.4 is 4.84 Å². The SMILES string of the molecule is ClN[C@@H]1C[C@H]1c1ccccc1.O. The van der Waals surface area contributed by atoms with Crippen LogP contribution in [0.25, 0.3) is 0 Å². The van der Waals surface area contributed by atoms with E-state index in [1.54, 1.807) is 0 Å². The number of benzene rings is 1. The second-order valence-electron chi connectivity index (χ2n) is 2.97. The van der Waals surface area contributed by atoms with Crippen molar-refractivity contribution >= 4 is 11.8 Å². The van der Waals surface area contributed by atoms with Gasteiger partial charge in [-0.2, -0.15) is 0 Å². The number of rotatable bonds is 2. The molecule has 1 fully saturated rings. The quantitative estimate of drug-likeness (QED) is 0.697. The van der Waals surface area contributed by atoms with Crippen molar-refractivity contribution in [2.45, 2.75) is 18.4 Å². The van der Waals surface area contributed by atoms with E-state index >= 15 is 0 Å². The Labute approximate surface area is 77.0 Å². The molecule has 1 aliphatic rings. The van der Waals surface area contributed by atoms with E-state index in [1.165, 1.54) is 12.0 Å². The maximum absolute atomic E-state index is 5.49.